The predicted molar refractivity (Wildman–Crippen MR) is 207 cm³/mol. The van der Waals surface area contributed by atoms with E-state index >= 15 is 0 Å². The number of benzene rings is 8. The van der Waals surface area contributed by atoms with Gasteiger partial charge in [-0.15, -0.1) is 0 Å². The van der Waals surface area contributed by atoms with Gasteiger partial charge in [0, 0.05) is 29.2 Å². The van der Waals surface area contributed by atoms with Gasteiger partial charge in [-0.3, -0.25) is 4.98 Å². The van der Waals surface area contributed by atoms with E-state index in [0.717, 1.165) is 17.1 Å². The van der Waals surface area contributed by atoms with Crippen LogP contribution in [0.15, 0.2) is 182 Å². The van der Waals surface area contributed by atoms with E-state index in [1.54, 1.807) is 0 Å². The van der Waals surface area contributed by atoms with Gasteiger partial charge in [0.1, 0.15) is 0 Å². The molecular formula is C47H30N2. The molecule has 1 heterocycles. The molecule has 1 aliphatic carbocycles. The van der Waals surface area contributed by atoms with Crippen molar-refractivity contribution in [3.8, 4) is 44.5 Å². The van der Waals surface area contributed by atoms with Gasteiger partial charge in [0.15, 0.2) is 0 Å². The molecule has 0 N–H and O–H groups in total. The first-order valence-electron chi connectivity index (χ1n) is 16.8. The smallest absolute Gasteiger partial charge is 0.0540 e. The average molecular weight is 623 g/mol. The van der Waals surface area contributed by atoms with Crippen LogP contribution in [0.25, 0.3) is 76.8 Å². The summed E-state index contributed by atoms with van der Waals surface area (Å²) in [7, 11) is 0. The van der Waals surface area contributed by atoms with Gasteiger partial charge in [0.05, 0.1) is 5.69 Å². The molecule has 2 heteroatoms. The molecule has 1 aromatic heterocycles. The van der Waals surface area contributed by atoms with Crippen LogP contribution in [0.1, 0.15) is 0 Å². The second-order valence-electron chi connectivity index (χ2n) is 12.7. The molecule has 0 spiro atoms. The van der Waals surface area contributed by atoms with Gasteiger partial charge in [0.25, 0.3) is 0 Å². The number of fused-ring (bicyclic) bond motifs is 5. The highest BCUT2D eigenvalue weighted by molar-refractivity contribution is 6.29. The topological polar surface area (TPSA) is 16.1 Å². The molecule has 0 saturated carbocycles. The maximum atomic E-state index is 4.37. The zero-order chi connectivity index (χ0) is 32.3. The number of hydrogen-bond donors (Lipinski definition) is 0. The third-order valence-electron chi connectivity index (χ3n) is 10.1. The summed E-state index contributed by atoms with van der Waals surface area (Å²) in [6.07, 6.45) is 3.76. The van der Waals surface area contributed by atoms with E-state index in [9.17, 15) is 0 Å². The van der Waals surface area contributed by atoms with Crippen molar-refractivity contribution in [3.63, 3.8) is 0 Å². The van der Waals surface area contributed by atoms with E-state index in [4.69, 9.17) is 0 Å². The quantitative estimate of drug-likeness (QED) is 0.190. The van der Waals surface area contributed by atoms with Crippen molar-refractivity contribution in [2.45, 2.75) is 0 Å². The van der Waals surface area contributed by atoms with Crippen LogP contribution < -0.4 is 4.90 Å². The van der Waals surface area contributed by atoms with Gasteiger partial charge in [-0.1, -0.05) is 140 Å². The molecule has 2 nitrogen and oxygen atoms in total. The summed E-state index contributed by atoms with van der Waals surface area (Å²) in [6.45, 7) is 0. The Hall–Kier alpha value is -6.51. The molecular weight excluding hydrogens is 593 g/mol. The molecule has 0 amide bonds. The number of rotatable bonds is 5. The first-order chi connectivity index (χ1) is 24.3. The Labute approximate surface area is 285 Å². The Bertz CT molecular complexity index is 2610. The summed E-state index contributed by atoms with van der Waals surface area (Å²) in [5.41, 5.74) is 13.5. The first-order valence-corrected chi connectivity index (χ1v) is 16.8. The third kappa shape index (κ3) is 4.24. The maximum Gasteiger partial charge on any atom is 0.0540 e. The lowest BCUT2D eigenvalue weighted by Crippen LogP contribution is -2.10. The summed E-state index contributed by atoms with van der Waals surface area (Å²) < 4.78 is 0. The van der Waals surface area contributed by atoms with Gasteiger partial charge >= 0.3 is 0 Å². The highest BCUT2D eigenvalue weighted by atomic mass is 15.1. The maximum absolute atomic E-state index is 4.37. The van der Waals surface area contributed by atoms with Gasteiger partial charge in [-0.25, -0.2) is 0 Å². The zero-order valence-electron chi connectivity index (χ0n) is 26.7. The summed E-state index contributed by atoms with van der Waals surface area (Å²) in [5.74, 6) is 0. The van der Waals surface area contributed by atoms with Crippen molar-refractivity contribution in [2.75, 3.05) is 4.90 Å². The first kappa shape index (κ1) is 27.6. The Morgan fingerprint density at radius 3 is 1.61 bits per heavy atom. The Kier molecular flexibility index (Phi) is 6.22. The second-order valence-corrected chi connectivity index (χ2v) is 12.7. The van der Waals surface area contributed by atoms with Crippen molar-refractivity contribution >= 4 is 49.4 Å². The summed E-state index contributed by atoms with van der Waals surface area (Å²) in [6, 6.07) is 61.8. The molecule has 0 radical (unpaired) electrons. The predicted octanol–water partition coefficient (Wildman–Crippen LogP) is 13.0. The SMILES string of the molecule is c1ccc(-c2c3c(c(-c4ccccc4)c4ccccc24)-c2ccc(N(c4ccncc4)c4ccc5ccccc5c4)c4cccc-3c24)cc1. The van der Waals surface area contributed by atoms with Crippen LogP contribution in [0.2, 0.25) is 0 Å². The molecule has 0 atom stereocenters. The number of pyridine rings is 1. The number of aromatic nitrogens is 1. The normalized spacial score (nSPS) is 11.7. The van der Waals surface area contributed by atoms with Gasteiger partial charge in [-0.05, 0) is 102 Å². The van der Waals surface area contributed by atoms with E-state index in [-0.39, 0.29) is 0 Å². The minimum absolute atomic E-state index is 1.07. The number of anilines is 3. The van der Waals surface area contributed by atoms with E-state index in [1.165, 1.54) is 76.8 Å². The summed E-state index contributed by atoms with van der Waals surface area (Å²) in [4.78, 5) is 6.75. The standard InChI is InChI=1S/C47H30N2/c1-3-13-32(14-4-1)43-37-18-9-10-19-38(37)44(33-15-5-2-6-16-33)47-41-24-25-42(39-20-11-21-40(45(39)41)46(43)47)49(35-26-28-48-29-27-35)36-23-22-31-12-7-8-17-34(31)30-36/h1-30H. The highest BCUT2D eigenvalue weighted by Gasteiger charge is 2.31. The Morgan fingerprint density at radius 2 is 0.939 bits per heavy atom. The second kappa shape index (κ2) is 11.0. The summed E-state index contributed by atoms with van der Waals surface area (Å²) in [5, 5.41) is 7.49. The molecule has 49 heavy (non-hydrogen) atoms. The molecule has 0 bridgehead atoms. The van der Waals surface area contributed by atoms with Crippen molar-refractivity contribution in [2.24, 2.45) is 0 Å². The van der Waals surface area contributed by atoms with Crippen LogP contribution >= 0.6 is 0 Å². The molecule has 10 rings (SSSR count). The lowest BCUT2D eigenvalue weighted by molar-refractivity contribution is 1.25. The fourth-order valence-corrected chi connectivity index (χ4v) is 8.03. The van der Waals surface area contributed by atoms with Crippen LogP contribution in [-0.2, 0) is 0 Å². The highest BCUT2D eigenvalue weighted by Crippen LogP contribution is 2.59. The van der Waals surface area contributed by atoms with Crippen LogP contribution in [0.4, 0.5) is 17.1 Å². The van der Waals surface area contributed by atoms with Gasteiger partial charge in [-0.2, -0.15) is 0 Å². The van der Waals surface area contributed by atoms with E-state index in [1.807, 2.05) is 12.4 Å². The summed E-state index contributed by atoms with van der Waals surface area (Å²) >= 11 is 0. The monoisotopic (exact) mass is 622 g/mol. The minimum Gasteiger partial charge on any atom is -0.310 e. The number of hydrogen-bond acceptors (Lipinski definition) is 2. The third-order valence-corrected chi connectivity index (χ3v) is 10.1. The molecule has 0 fully saturated rings. The molecule has 8 aromatic carbocycles. The van der Waals surface area contributed by atoms with Crippen molar-refractivity contribution < 1.29 is 0 Å². The molecule has 9 aromatic rings. The van der Waals surface area contributed by atoms with E-state index < -0.39 is 0 Å². The van der Waals surface area contributed by atoms with Crippen molar-refractivity contribution in [3.05, 3.63) is 182 Å². The molecule has 0 aliphatic heterocycles. The average Bonchev–Trinajstić information content (AvgIpc) is 3.50. The van der Waals surface area contributed by atoms with Crippen molar-refractivity contribution in [1.29, 1.82) is 0 Å². The Morgan fingerprint density at radius 1 is 0.367 bits per heavy atom. The Balaban J connectivity index is 1.32. The zero-order valence-corrected chi connectivity index (χ0v) is 26.7. The van der Waals surface area contributed by atoms with Gasteiger partial charge in [0.2, 0.25) is 0 Å². The fourth-order valence-electron chi connectivity index (χ4n) is 8.03. The van der Waals surface area contributed by atoms with Gasteiger partial charge < -0.3 is 4.90 Å². The fraction of sp³-hybridized carbons (Fsp3) is 0. The van der Waals surface area contributed by atoms with Crippen LogP contribution in [0, 0.1) is 0 Å². The molecule has 228 valence electrons. The van der Waals surface area contributed by atoms with Crippen molar-refractivity contribution in [1.82, 2.24) is 4.98 Å². The molecule has 0 saturated heterocycles. The largest absolute Gasteiger partial charge is 0.310 e. The minimum atomic E-state index is 1.07. The van der Waals surface area contributed by atoms with Crippen LogP contribution in [0.3, 0.4) is 0 Å². The molecule has 1 aliphatic rings. The number of nitrogens with zero attached hydrogens (tertiary/aromatic N) is 2. The van der Waals surface area contributed by atoms with E-state index in [0.29, 0.717) is 0 Å². The lowest BCUT2D eigenvalue weighted by Gasteiger charge is -2.27. The molecule has 0 unspecified atom stereocenters. The van der Waals surface area contributed by atoms with Crippen LogP contribution in [-0.4, -0.2) is 4.98 Å². The van der Waals surface area contributed by atoms with E-state index in [2.05, 4.69) is 180 Å². The lowest BCUT2D eigenvalue weighted by atomic mass is 9.82. The van der Waals surface area contributed by atoms with Crippen LogP contribution in [0.5, 0.6) is 0 Å².